The molecule has 0 spiro atoms. The third-order valence-corrected chi connectivity index (χ3v) is 6.83. The van der Waals surface area contributed by atoms with E-state index in [0.29, 0.717) is 41.0 Å². The number of methoxy groups -OCH3 is 1. The van der Waals surface area contributed by atoms with Crippen molar-refractivity contribution < 1.29 is 23.9 Å². The van der Waals surface area contributed by atoms with E-state index in [1.54, 1.807) is 52.0 Å². The summed E-state index contributed by atoms with van der Waals surface area (Å²) in [6.07, 6.45) is 1.72. The molecule has 0 radical (unpaired) electrons. The van der Waals surface area contributed by atoms with Crippen molar-refractivity contribution in [3.63, 3.8) is 0 Å². The molecule has 0 fully saturated rings. The molecular formula is C33H36N4O6. The van der Waals surface area contributed by atoms with Gasteiger partial charge in [-0.15, -0.1) is 0 Å². The van der Waals surface area contributed by atoms with Gasteiger partial charge in [0.05, 0.1) is 12.6 Å². The largest absolute Gasteiger partial charge is 0.481 e. The Morgan fingerprint density at radius 1 is 1.02 bits per heavy atom. The van der Waals surface area contributed by atoms with Gasteiger partial charge in [-0.1, -0.05) is 42.5 Å². The highest BCUT2D eigenvalue weighted by molar-refractivity contribution is 6.07. The summed E-state index contributed by atoms with van der Waals surface area (Å²) in [5.74, 6) is -0.551. The number of H-pyrrole nitrogens is 1. The minimum Gasteiger partial charge on any atom is -0.481 e. The maximum Gasteiger partial charge on any atom is 0.407 e. The van der Waals surface area contributed by atoms with E-state index in [0.717, 1.165) is 11.1 Å². The molecule has 0 aliphatic rings. The second-order valence-corrected chi connectivity index (χ2v) is 11.3. The minimum atomic E-state index is -0.609. The fourth-order valence-corrected chi connectivity index (χ4v) is 4.60. The van der Waals surface area contributed by atoms with Crippen molar-refractivity contribution in [3.05, 3.63) is 99.5 Å². The fraction of sp³-hybridized carbons (Fsp3) is 0.303. The predicted molar refractivity (Wildman–Crippen MR) is 165 cm³/mol. The van der Waals surface area contributed by atoms with Gasteiger partial charge in [0.2, 0.25) is 5.88 Å². The second kappa shape index (κ2) is 13.3. The number of amides is 2. The van der Waals surface area contributed by atoms with Gasteiger partial charge in [0.25, 0.3) is 11.5 Å². The molecule has 0 saturated carbocycles. The number of benzene rings is 2. The zero-order chi connectivity index (χ0) is 31.1. The normalized spacial score (nSPS) is 11.9. The van der Waals surface area contributed by atoms with Crippen LogP contribution in [0.3, 0.4) is 0 Å². The monoisotopic (exact) mass is 584 g/mol. The van der Waals surface area contributed by atoms with Gasteiger partial charge >= 0.3 is 6.09 Å². The maximum atomic E-state index is 13.5. The molecule has 10 heteroatoms. The molecule has 0 aliphatic carbocycles. The van der Waals surface area contributed by atoms with Gasteiger partial charge < -0.3 is 25.1 Å². The number of nitrogens with one attached hydrogen (secondary N) is 3. The van der Waals surface area contributed by atoms with E-state index in [9.17, 15) is 19.2 Å². The molecule has 0 bridgehead atoms. The van der Waals surface area contributed by atoms with Gasteiger partial charge in [-0.05, 0) is 63.3 Å². The Balaban J connectivity index is 1.49. The van der Waals surface area contributed by atoms with E-state index in [1.807, 2.05) is 30.3 Å². The summed E-state index contributed by atoms with van der Waals surface area (Å²) in [5, 5.41) is 6.12. The zero-order valence-electron chi connectivity index (χ0n) is 24.9. The minimum absolute atomic E-state index is 0.0859. The molecule has 1 unspecified atom stereocenters. The highest BCUT2D eigenvalue weighted by atomic mass is 16.6. The van der Waals surface area contributed by atoms with Crippen molar-refractivity contribution in [2.45, 2.75) is 52.1 Å². The Hall–Kier alpha value is -4.99. The smallest absolute Gasteiger partial charge is 0.407 e. The summed E-state index contributed by atoms with van der Waals surface area (Å²) in [7, 11) is 1.47. The Morgan fingerprint density at radius 3 is 2.47 bits per heavy atom. The molecule has 1 atom stereocenters. The van der Waals surface area contributed by atoms with Crippen LogP contribution in [0.2, 0.25) is 0 Å². The number of rotatable bonds is 10. The van der Waals surface area contributed by atoms with E-state index in [4.69, 9.17) is 9.47 Å². The molecule has 2 aromatic heterocycles. The first-order chi connectivity index (χ1) is 20.4. The van der Waals surface area contributed by atoms with E-state index in [1.165, 1.54) is 19.4 Å². The Bertz CT molecular complexity index is 1690. The molecule has 2 amide bonds. The lowest BCUT2D eigenvalue weighted by Gasteiger charge is -2.21. The number of ketones is 1. The average Bonchev–Trinajstić information content (AvgIpc) is 2.96. The van der Waals surface area contributed by atoms with Crippen LogP contribution in [0, 0.1) is 6.92 Å². The molecule has 0 saturated heterocycles. The number of carbonyl (C=O) groups excluding carboxylic acids is 3. The summed E-state index contributed by atoms with van der Waals surface area (Å²) in [4.78, 5) is 58.3. The molecule has 2 aromatic carbocycles. The van der Waals surface area contributed by atoms with Crippen molar-refractivity contribution >= 4 is 34.4 Å². The second-order valence-electron chi connectivity index (χ2n) is 11.3. The Kier molecular flexibility index (Phi) is 9.59. The summed E-state index contributed by atoms with van der Waals surface area (Å²) < 4.78 is 10.4. The van der Waals surface area contributed by atoms with Crippen LogP contribution in [0.5, 0.6) is 5.88 Å². The summed E-state index contributed by atoms with van der Waals surface area (Å²) in [5.41, 5.74) is 1.79. The molecule has 224 valence electrons. The van der Waals surface area contributed by atoms with E-state index >= 15 is 0 Å². The van der Waals surface area contributed by atoms with Gasteiger partial charge in [-0.3, -0.25) is 14.4 Å². The fourth-order valence-electron chi connectivity index (χ4n) is 4.60. The van der Waals surface area contributed by atoms with Gasteiger partial charge in [0.15, 0.2) is 5.78 Å². The molecule has 43 heavy (non-hydrogen) atoms. The summed E-state index contributed by atoms with van der Waals surface area (Å²) in [6, 6.07) is 17.8. The third-order valence-electron chi connectivity index (χ3n) is 6.83. The zero-order valence-corrected chi connectivity index (χ0v) is 24.9. The Labute approximate surface area is 249 Å². The highest BCUT2D eigenvalue weighted by Crippen LogP contribution is 2.27. The first kappa shape index (κ1) is 31.0. The van der Waals surface area contributed by atoms with Crippen molar-refractivity contribution in [2.24, 2.45) is 0 Å². The van der Waals surface area contributed by atoms with E-state index < -0.39 is 23.2 Å². The number of hydrogen-bond donors (Lipinski definition) is 3. The number of ether oxygens (including phenoxy) is 2. The number of hydrogen-bond acceptors (Lipinski definition) is 7. The molecule has 4 rings (SSSR count). The highest BCUT2D eigenvalue weighted by Gasteiger charge is 2.21. The summed E-state index contributed by atoms with van der Waals surface area (Å²) >= 11 is 0. The number of pyridine rings is 2. The summed E-state index contributed by atoms with van der Waals surface area (Å²) in [6.45, 7) is 7.53. The molecule has 4 aromatic rings. The lowest BCUT2D eigenvalue weighted by atomic mass is 9.88. The Morgan fingerprint density at radius 2 is 1.77 bits per heavy atom. The lowest BCUT2D eigenvalue weighted by Crippen LogP contribution is -2.33. The van der Waals surface area contributed by atoms with Crippen LogP contribution in [-0.2, 0) is 4.74 Å². The first-order valence-corrected chi connectivity index (χ1v) is 14.0. The first-order valence-electron chi connectivity index (χ1n) is 14.0. The van der Waals surface area contributed by atoms with E-state index in [2.05, 4.69) is 20.6 Å². The van der Waals surface area contributed by atoms with Gasteiger partial charge in [-0.2, -0.15) is 0 Å². The van der Waals surface area contributed by atoms with Crippen LogP contribution in [0.25, 0.3) is 10.9 Å². The molecule has 10 nitrogen and oxygen atoms in total. The molecule has 0 aliphatic heterocycles. The van der Waals surface area contributed by atoms with Gasteiger partial charge in [0, 0.05) is 41.9 Å². The van der Waals surface area contributed by atoms with Crippen LogP contribution in [0.4, 0.5) is 10.5 Å². The number of fused-ring (bicyclic) bond motifs is 1. The quantitative estimate of drug-likeness (QED) is 0.201. The number of carbonyl (C=O) groups is 3. The van der Waals surface area contributed by atoms with Crippen molar-refractivity contribution in [1.29, 1.82) is 0 Å². The van der Waals surface area contributed by atoms with E-state index in [-0.39, 0.29) is 23.7 Å². The number of nitrogens with zero attached hydrogens (tertiary/aromatic N) is 1. The van der Waals surface area contributed by atoms with Crippen molar-refractivity contribution in [1.82, 2.24) is 15.3 Å². The predicted octanol–water partition coefficient (Wildman–Crippen LogP) is 5.76. The van der Waals surface area contributed by atoms with Gasteiger partial charge in [-0.25, -0.2) is 9.78 Å². The topological polar surface area (TPSA) is 139 Å². The number of anilines is 1. The number of Topliss-reactive ketones (excluding diaryl/α,β-unsaturated/α-hetero) is 1. The van der Waals surface area contributed by atoms with Gasteiger partial charge in [0.1, 0.15) is 11.2 Å². The van der Waals surface area contributed by atoms with Crippen LogP contribution in [0.15, 0.2) is 71.7 Å². The van der Waals surface area contributed by atoms with Crippen molar-refractivity contribution in [2.75, 3.05) is 19.0 Å². The average molecular weight is 585 g/mol. The molecule has 3 N–H and O–H groups in total. The third kappa shape index (κ3) is 8.28. The number of aromatic amines is 1. The van der Waals surface area contributed by atoms with Crippen LogP contribution >= 0.6 is 0 Å². The molecular weight excluding hydrogens is 548 g/mol. The van der Waals surface area contributed by atoms with Crippen LogP contribution < -0.4 is 20.9 Å². The molecule has 2 heterocycles. The lowest BCUT2D eigenvalue weighted by molar-refractivity contribution is 0.0526. The van der Waals surface area contributed by atoms with Crippen LogP contribution in [0.1, 0.15) is 71.4 Å². The van der Waals surface area contributed by atoms with Crippen LogP contribution in [-0.4, -0.2) is 47.0 Å². The maximum absolute atomic E-state index is 13.5. The van der Waals surface area contributed by atoms with Crippen molar-refractivity contribution in [3.8, 4) is 5.88 Å². The number of aromatic nitrogens is 2. The SMILES string of the molecule is COc1cc2[nH]c(=O)c(C(=O)Nc3cc(C(=O)CC(CCNC(=O)OC(C)(C)C)c4ccccc4)ccc3C)cc2cn1. The standard InChI is InChI=1S/C33H36N4O6/c1-20-11-12-23(16-26(20)36-30(39)25-15-24-19-35-29(42-5)18-27(24)37-31(25)40)28(38)17-22(21-9-7-6-8-10-21)13-14-34-32(41)43-33(2,3)4/h6-12,15-16,18-19,22H,13-14,17H2,1-5H3,(H,34,41)(H,36,39)(H,37,40). The number of alkyl carbamates (subject to hydrolysis) is 1. The number of aryl methyl sites for hydroxylation is 1.